The van der Waals surface area contributed by atoms with Gasteiger partial charge >= 0.3 is 5.97 Å². The number of nitrogens with zero attached hydrogens (tertiary/aromatic N) is 2. The molecule has 0 atom stereocenters. The van der Waals surface area contributed by atoms with E-state index < -0.39 is 5.97 Å². The summed E-state index contributed by atoms with van der Waals surface area (Å²) in [6.07, 6.45) is 0. The molecule has 0 aliphatic heterocycles. The molecule has 1 aromatic carbocycles. The maximum absolute atomic E-state index is 12.0. The van der Waals surface area contributed by atoms with Crippen molar-refractivity contribution in [1.82, 2.24) is 10.3 Å². The van der Waals surface area contributed by atoms with Crippen LogP contribution in [0.5, 0.6) is 0 Å². The van der Waals surface area contributed by atoms with Gasteiger partial charge in [0.2, 0.25) is 5.91 Å². The van der Waals surface area contributed by atoms with Crippen molar-refractivity contribution < 1.29 is 14.3 Å². The highest BCUT2D eigenvalue weighted by atomic mass is 32.2. The van der Waals surface area contributed by atoms with Crippen molar-refractivity contribution in [2.24, 2.45) is 0 Å². The zero-order valence-corrected chi connectivity index (χ0v) is 15.0. The molecule has 3 N–H and O–H groups in total. The minimum Gasteiger partial charge on any atom is -0.462 e. The summed E-state index contributed by atoms with van der Waals surface area (Å²) < 4.78 is 4.88. The van der Waals surface area contributed by atoms with Crippen LogP contribution >= 0.6 is 11.8 Å². The zero-order chi connectivity index (χ0) is 18.9. The van der Waals surface area contributed by atoms with Gasteiger partial charge in [-0.1, -0.05) is 42.1 Å². The largest absolute Gasteiger partial charge is 0.462 e. The first kappa shape index (κ1) is 19.3. The molecule has 0 bridgehead atoms. The molecule has 8 heteroatoms. The van der Waals surface area contributed by atoms with Crippen LogP contribution in [0, 0.1) is 11.3 Å². The highest BCUT2D eigenvalue weighted by Crippen LogP contribution is 2.24. The number of amides is 1. The van der Waals surface area contributed by atoms with Crippen LogP contribution in [0.4, 0.5) is 5.82 Å². The van der Waals surface area contributed by atoms with E-state index in [4.69, 9.17) is 10.5 Å². The molecule has 26 heavy (non-hydrogen) atoms. The Bertz CT molecular complexity index is 834. The Labute approximate surface area is 155 Å². The number of benzene rings is 1. The van der Waals surface area contributed by atoms with Crippen LogP contribution in [-0.4, -0.2) is 29.2 Å². The van der Waals surface area contributed by atoms with Gasteiger partial charge in [-0.05, 0) is 18.6 Å². The summed E-state index contributed by atoms with van der Waals surface area (Å²) in [5.41, 5.74) is 6.98. The van der Waals surface area contributed by atoms with Gasteiger partial charge < -0.3 is 15.8 Å². The number of ether oxygens (including phenoxy) is 1. The fourth-order valence-electron chi connectivity index (χ4n) is 2.05. The Morgan fingerprint density at radius 1 is 1.35 bits per heavy atom. The monoisotopic (exact) mass is 370 g/mol. The Morgan fingerprint density at radius 2 is 2.08 bits per heavy atom. The molecule has 1 heterocycles. The van der Waals surface area contributed by atoms with Crippen molar-refractivity contribution in [3.63, 3.8) is 0 Å². The maximum Gasteiger partial charge on any atom is 0.341 e. The predicted octanol–water partition coefficient (Wildman–Crippen LogP) is 2.12. The number of esters is 1. The van der Waals surface area contributed by atoms with Crippen LogP contribution < -0.4 is 11.1 Å². The van der Waals surface area contributed by atoms with Crippen molar-refractivity contribution in [3.05, 3.63) is 53.1 Å². The summed E-state index contributed by atoms with van der Waals surface area (Å²) in [7, 11) is 0. The van der Waals surface area contributed by atoms with Gasteiger partial charge in [-0.25, -0.2) is 9.78 Å². The molecule has 0 aliphatic rings. The first-order valence-corrected chi connectivity index (χ1v) is 8.84. The molecule has 0 saturated carbocycles. The fraction of sp³-hybridized carbons (Fsp3) is 0.222. The third kappa shape index (κ3) is 5.22. The summed E-state index contributed by atoms with van der Waals surface area (Å²) in [6, 6.07) is 12.8. The van der Waals surface area contributed by atoms with Gasteiger partial charge in [0.15, 0.2) is 0 Å². The van der Waals surface area contributed by atoms with E-state index in [1.165, 1.54) is 6.07 Å². The zero-order valence-electron chi connectivity index (χ0n) is 14.2. The summed E-state index contributed by atoms with van der Waals surface area (Å²) in [4.78, 5) is 27.9. The van der Waals surface area contributed by atoms with Crippen LogP contribution in [0.2, 0.25) is 0 Å². The van der Waals surface area contributed by atoms with Gasteiger partial charge in [-0.3, -0.25) is 4.79 Å². The number of hydrogen-bond acceptors (Lipinski definition) is 7. The van der Waals surface area contributed by atoms with Gasteiger partial charge in [0, 0.05) is 6.54 Å². The number of aromatic nitrogens is 1. The second kappa shape index (κ2) is 9.44. The predicted molar refractivity (Wildman–Crippen MR) is 98.3 cm³/mol. The molecule has 0 radical (unpaired) electrons. The lowest BCUT2D eigenvalue weighted by Crippen LogP contribution is -2.24. The van der Waals surface area contributed by atoms with E-state index in [1.54, 1.807) is 6.92 Å². The van der Waals surface area contributed by atoms with E-state index in [0.29, 0.717) is 11.6 Å². The molecule has 0 spiro atoms. The molecule has 134 valence electrons. The van der Waals surface area contributed by atoms with E-state index in [-0.39, 0.29) is 35.2 Å². The Hall–Kier alpha value is -3.05. The average molecular weight is 370 g/mol. The molecule has 0 fully saturated rings. The molecule has 1 aromatic heterocycles. The highest BCUT2D eigenvalue weighted by molar-refractivity contribution is 8.00. The molecule has 0 saturated heterocycles. The first-order valence-electron chi connectivity index (χ1n) is 7.86. The van der Waals surface area contributed by atoms with E-state index in [2.05, 4.69) is 10.3 Å². The van der Waals surface area contributed by atoms with Crippen LogP contribution in [0.3, 0.4) is 0 Å². The minimum absolute atomic E-state index is 0.0327. The summed E-state index contributed by atoms with van der Waals surface area (Å²) in [6.45, 7) is 2.28. The summed E-state index contributed by atoms with van der Waals surface area (Å²) in [5.74, 6) is -0.787. The molecule has 0 aliphatic carbocycles. The van der Waals surface area contributed by atoms with E-state index >= 15 is 0 Å². The molecule has 1 amide bonds. The average Bonchev–Trinajstić information content (AvgIpc) is 2.65. The summed E-state index contributed by atoms with van der Waals surface area (Å²) in [5, 5.41) is 12.4. The van der Waals surface area contributed by atoms with Crippen molar-refractivity contribution in [1.29, 1.82) is 5.26 Å². The molecular weight excluding hydrogens is 352 g/mol. The van der Waals surface area contributed by atoms with E-state index in [0.717, 1.165) is 17.3 Å². The molecule has 0 unspecified atom stereocenters. The van der Waals surface area contributed by atoms with Crippen molar-refractivity contribution in [3.8, 4) is 6.07 Å². The fourth-order valence-corrected chi connectivity index (χ4v) is 2.85. The molecular formula is C18H18N4O3S. The number of carbonyl (C=O) groups excluding carboxylic acids is 2. The number of anilines is 1. The molecule has 7 nitrogen and oxygen atoms in total. The second-order valence-corrected chi connectivity index (χ2v) is 6.12. The number of nitriles is 1. The number of rotatable bonds is 7. The number of thioether (sulfide) groups is 1. The standard InChI is InChI=1S/C18H18N4O3S/c1-2-25-18(24)14-8-13(9-19)17(22-16(14)20)26-11-15(23)21-10-12-6-4-3-5-7-12/h3-8H,2,10-11H2,1H3,(H2,20,22)(H,21,23). The Balaban J connectivity index is 2.00. The lowest BCUT2D eigenvalue weighted by Gasteiger charge is -2.09. The number of pyridine rings is 1. The van der Waals surface area contributed by atoms with Gasteiger partial charge in [0.25, 0.3) is 0 Å². The van der Waals surface area contributed by atoms with Gasteiger partial charge in [-0.15, -0.1) is 0 Å². The van der Waals surface area contributed by atoms with Crippen LogP contribution in [-0.2, 0) is 16.1 Å². The van der Waals surface area contributed by atoms with Gasteiger partial charge in [0.05, 0.1) is 17.9 Å². The maximum atomic E-state index is 12.0. The van der Waals surface area contributed by atoms with Crippen molar-refractivity contribution in [2.45, 2.75) is 18.5 Å². The van der Waals surface area contributed by atoms with Crippen LogP contribution in [0.15, 0.2) is 41.4 Å². The molecule has 2 rings (SSSR count). The Morgan fingerprint density at radius 3 is 2.73 bits per heavy atom. The summed E-state index contributed by atoms with van der Waals surface area (Å²) >= 11 is 1.09. The third-order valence-corrected chi connectivity index (χ3v) is 4.30. The molecule has 2 aromatic rings. The lowest BCUT2D eigenvalue weighted by atomic mass is 10.2. The van der Waals surface area contributed by atoms with Crippen LogP contribution in [0.1, 0.15) is 28.4 Å². The number of nitrogens with one attached hydrogen (secondary N) is 1. The van der Waals surface area contributed by atoms with Crippen molar-refractivity contribution in [2.75, 3.05) is 18.1 Å². The quantitative estimate of drug-likeness (QED) is 0.566. The normalized spacial score (nSPS) is 10.0. The third-order valence-electron chi connectivity index (χ3n) is 3.31. The second-order valence-electron chi connectivity index (χ2n) is 5.16. The number of carbonyl (C=O) groups is 2. The number of nitrogen functional groups attached to an aromatic ring is 1. The Kier molecular flexibility index (Phi) is 7.00. The number of nitrogens with two attached hydrogens (primary N) is 1. The SMILES string of the molecule is CCOC(=O)c1cc(C#N)c(SCC(=O)NCc2ccccc2)nc1N. The van der Waals surface area contributed by atoms with Gasteiger partial charge in [-0.2, -0.15) is 5.26 Å². The van der Waals surface area contributed by atoms with Crippen molar-refractivity contribution >= 4 is 29.5 Å². The first-order chi connectivity index (χ1) is 12.5. The lowest BCUT2D eigenvalue weighted by molar-refractivity contribution is -0.118. The topological polar surface area (TPSA) is 118 Å². The van der Waals surface area contributed by atoms with Crippen LogP contribution in [0.25, 0.3) is 0 Å². The highest BCUT2D eigenvalue weighted by Gasteiger charge is 2.17. The smallest absolute Gasteiger partial charge is 0.341 e. The van der Waals surface area contributed by atoms with E-state index in [9.17, 15) is 14.9 Å². The van der Waals surface area contributed by atoms with E-state index in [1.807, 2.05) is 36.4 Å². The minimum atomic E-state index is -0.633. The van der Waals surface area contributed by atoms with Gasteiger partial charge in [0.1, 0.15) is 22.5 Å². The number of hydrogen-bond donors (Lipinski definition) is 2.